The number of benzene rings is 1. The van der Waals surface area contributed by atoms with Gasteiger partial charge in [-0.3, -0.25) is 4.79 Å². The monoisotopic (exact) mass is 307 g/mol. The molecule has 0 spiro atoms. The third kappa shape index (κ3) is 2.93. The lowest BCUT2D eigenvalue weighted by atomic mass is 10.0. The molecule has 19 heavy (non-hydrogen) atoms. The third-order valence-electron chi connectivity index (χ3n) is 2.45. The highest BCUT2D eigenvalue weighted by molar-refractivity contribution is 6.35. The molecule has 0 saturated carbocycles. The Bertz CT molecular complexity index is 679. The van der Waals surface area contributed by atoms with Gasteiger partial charge in [-0.05, 0) is 18.2 Å². The number of rotatable bonds is 1. The van der Waals surface area contributed by atoms with E-state index in [1.807, 2.05) is 4.98 Å². The molecule has 0 aliphatic carbocycles. The topological polar surface area (TPSA) is 32.9 Å². The molecule has 1 aromatic heterocycles. The molecule has 7 heteroatoms. The zero-order valence-electron chi connectivity index (χ0n) is 9.18. The summed E-state index contributed by atoms with van der Waals surface area (Å²) in [5, 5.41) is 0.313. The molecule has 2 rings (SSSR count). The van der Waals surface area contributed by atoms with Crippen molar-refractivity contribution < 1.29 is 13.2 Å². The average molecular weight is 308 g/mol. The number of halogens is 5. The molecule has 0 amide bonds. The number of hydrogen-bond donors (Lipinski definition) is 1. The zero-order valence-corrected chi connectivity index (χ0v) is 10.7. The molecule has 0 aliphatic rings. The number of aromatic amines is 1. The Labute approximate surface area is 115 Å². The molecule has 0 aliphatic heterocycles. The van der Waals surface area contributed by atoms with Crippen LogP contribution in [0.5, 0.6) is 0 Å². The van der Waals surface area contributed by atoms with Crippen molar-refractivity contribution in [2.45, 2.75) is 6.18 Å². The van der Waals surface area contributed by atoms with Gasteiger partial charge in [-0.1, -0.05) is 23.2 Å². The molecule has 100 valence electrons. The molecule has 2 aromatic rings. The Kier molecular flexibility index (Phi) is 3.60. The van der Waals surface area contributed by atoms with E-state index >= 15 is 0 Å². The molecule has 0 saturated heterocycles. The van der Waals surface area contributed by atoms with Crippen LogP contribution in [0.25, 0.3) is 11.1 Å². The highest BCUT2D eigenvalue weighted by Crippen LogP contribution is 2.39. The second-order valence-corrected chi connectivity index (χ2v) is 4.59. The summed E-state index contributed by atoms with van der Waals surface area (Å²) >= 11 is 11.6. The molecule has 1 aromatic carbocycles. The Morgan fingerprint density at radius 3 is 2.37 bits per heavy atom. The van der Waals surface area contributed by atoms with Crippen LogP contribution < -0.4 is 5.56 Å². The van der Waals surface area contributed by atoms with E-state index in [0.29, 0.717) is 6.20 Å². The van der Waals surface area contributed by atoms with Crippen LogP contribution in [-0.4, -0.2) is 4.98 Å². The summed E-state index contributed by atoms with van der Waals surface area (Å²) in [5.41, 5.74) is -1.87. The van der Waals surface area contributed by atoms with Crippen LogP contribution in [0.3, 0.4) is 0 Å². The number of aromatic nitrogens is 1. The van der Waals surface area contributed by atoms with Crippen LogP contribution in [0.2, 0.25) is 10.0 Å². The number of hydrogen-bond acceptors (Lipinski definition) is 1. The summed E-state index contributed by atoms with van der Waals surface area (Å²) < 4.78 is 38.7. The average Bonchev–Trinajstić information content (AvgIpc) is 2.30. The van der Waals surface area contributed by atoms with Crippen molar-refractivity contribution in [1.29, 1.82) is 0 Å². The first kappa shape index (κ1) is 14.0. The fourth-order valence-electron chi connectivity index (χ4n) is 1.63. The first-order valence-electron chi connectivity index (χ1n) is 5.04. The number of alkyl halides is 3. The molecule has 0 bridgehead atoms. The zero-order chi connectivity index (χ0) is 14.2. The molecule has 2 nitrogen and oxygen atoms in total. The van der Waals surface area contributed by atoms with E-state index in [4.69, 9.17) is 23.2 Å². The van der Waals surface area contributed by atoms with Gasteiger partial charge in [0.25, 0.3) is 0 Å². The Balaban J connectivity index is 2.77. The predicted octanol–water partition coefficient (Wildman–Crippen LogP) is 4.37. The maximum absolute atomic E-state index is 12.9. The van der Waals surface area contributed by atoms with Crippen LogP contribution >= 0.6 is 23.2 Å². The van der Waals surface area contributed by atoms with E-state index < -0.39 is 17.3 Å². The minimum absolute atomic E-state index is 0.0626. The first-order chi connectivity index (χ1) is 8.79. The van der Waals surface area contributed by atoms with E-state index in [0.717, 1.165) is 6.07 Å². The highest BCUT2D eigenvalue weighted by atomic mass is 35.5. The van der Waals surface area contributed by atoms with Gasteiger partial charge in [0.1, 0.15) is 0 Å². The fourth-order valence-corrected chi connectivity index (χ4v) is 2.02. The summed E-state index contributed by atoms with van der Waals surface area (Å²) in [7, 11) is 0. The van der Waals surface area contributed by atoms with Crippen LogP contribution in [-0.2, 0) is 6.18 Å². The predicted molar refractivity (Wildman–Crippen MR) is 67.5 cm³/mol. The van der Waals surface area contributed by atoms with Crippen LogP contribution in [0.1, 0.15) is 5.56 Å². The highest BCUT2D eigenvalue weighted by Gasteiger charge is 2.34. The molecular weight excluding hydrogens is 302 g/mol. The van der Waals surface area contributed by atoms with E-state index in [-0.39, 0.29) is 21.2 Å². The largest absolute Gasteiger partial charge is 0.418 e. The molecule has 0 atom stereocenters. The molecule has 0 unspecified atom stereocenters. The van der Waals surface area contributed by atoms with Crippen molar-refractivity contribution in [2.24, 2.45) is 0 Å². The summed E-state index contributed by atoms with van der Waals surface area (Å²) in [6.45, 7) is 0. The van der Waals surface area contributed by atoms with Gasteiger partial charge in [0.15, 0.2) is 0 Å². The second kappa shape index (κ2) is 4.90. The first-order valence-corrected chi connectivity index (χ1v) is 5.80. The maximum atomic E-state index is 12.9. The van der Waals surface area contributed by atoms with Gasteiger partial charge < -0.3 is 4.98 Å². The Morgan fingerprint density at radius 1 is 1.05 bits per heavy atom. The van der Waals surface area contributed by atoms with Crippen molar-refractivity contribution in [3.63, 3.8) is 0 Å². The summed E-state index contributed by atoms with van der Waals surface area (Å²) in [4.78, 5) is 13.2. The van der Waals surface area contributed by atoms with E-state index in [1.165, 1.54) is 18.2 Å². The Hall–Kier alpha value is -1.46. The Morgan fingerprint density at radius 2 is 1.74 bits per heavy atom. The summed E-state index contributed by atoms with van der Waals surface area (Å²) in [6, 6.07) is 4.96. The number of H-pyrrole nitrogens is 1. The maximum Gasteiger partial charge on any atom is 0.418 e. The lowest BCUT2D eigenvalue weighted by molar-refractivity contribution is -0.137. The number of pyridine rings is 1. The van der Waals surface area contributed by atoms with Crippen molar-refractivity contribution in [3.8, 4) is 11.1 Å². The smallest absolute Gasteiger partial charge is 0.328 e. The van der Waals surface area contributed by atoms with E-state index in [1.54, 1.807) is 0 Å². The van der Waals surface area contributed by atoms with E-state index in [2.05, 4.69) is 0 Å². The van der Waals surface area contributed by atoms with Crippen molar-refractivity contribution in [3.05, 3.63) is 56.4 Å². The van der Waals surface area contributed by atoms with Crippen LogP contribution in [0.15, 0.2) is 35.3 Å². The SMILES string of the molecule is O=c1cc(-c2cc(Cl)ccc2Cl)c(C(F)(F)F)c[nH]1. The molecule has 1 heterocycles. The van der Waals surface area contributed by atoms with Crippen molar-refractivity contribution >= 4 is 23.2 Å². The number of nitrogens with one attached hydrogen (secondary N) is 1. The minimum Gasteiger partial charge on any atom is -0.328 e. The van der Waals surface area contributed by atoms with Crippen LogP contribution in [0.4, 0.5) is 13.2 Å². The van der Waals surface area contributed by atoms with E-state index in [9.17, 15) is 18.0 Å². The second-order valence-electron chi connectivity index (χ2n) is 3.75. The third-order valence-corrected chi connectivity index (χ3v) is 3.01. The van der Waals surface area contributed by atoms with Gasteiger partial charge >= 0.3 is 6.18 Å². The minimum atomic E-state index is -4.61. The summed E-state index contributed by atoms with van der Waals surface area (Å²) in [5.74, 6) is 0. The molecular formula is C12H6Cl2F3NO. The van der Waals surface area contributed by atoms with Gasteiger partial charge in [0.2, 0.25) is 5.56 Å². The van der Waals surface area contributed by atoms with Crippen LogP contribution in [0, 0.1) is 0 Å². The molecule has 0 fully saturated rings. The lowest BCUT2D eigenvalue weighted by Crippen LogP contribution is -2.13. The normalized spacial score (nSPS) is 11.6. The quantitative estimate of drug-likeness (QED) is 0.834. The van der Waals surface area contributed by atoms with Gasteiger partial charge in [-0.2, -0.15) is 13.2 Å². The van der Waals surface area contributed by atoms with Crippen molar-refractivity contribution in [1.82, 2.24) is 4.98 Å². The van der Waals surface area contributed by atoms with Gasteiger partial charge in [0.05, 0.1) is 5.56 Å². The fraction of sp³-hybridized carbons (Fsp3) is 0.0833. The van der Waals surface area contributed by atoms with Crippen molar-refractivity contribution in [2.75, 3.05) is 0 Å². The van der Waals surface area contributed by atoms with Gasteiger partial charge in [0, 0.05) is 33.4 Å². The molecule has 0 radical (unpaired) electrons. The molecule has 1 N–H and O–H groups in total. The standard InChI is InChI=1S/C12H6Cl2F3NO/c13-6-1-2-10(14)8(3-6)7-4-11(19)18-5-9(7)12(15,16)17/h1-5H,(H,18,19). The lowest BCUT2D eigenvalue weighted by Gasteiger charge is -2.13. The van der Waals surface area contributed by atoms with Gasteiger partial charge in [-0.15, -0.1) is 0 Å². The van der Waals surface area contributed by atoms with Gasteiger partial charge in [-0.25, -0.2) is 0 Å². The summed E-state index contributed by atoms with van der Waals surface area (Å²) in [6.07, 6.45) is -3.99.